The molecule has 2 aliphatic carbocycles. The van der Waals surface area contributed by atoms with E-state index < -0.39 is 24.4 Å². The van der Waals surface area contributed by atoms with Crippen molar-refractivity contribution >= 4 is 17.9 Å². The number of aromatic nitrogens is 1. The van der Waals surface area contributed by atoms with Gasteiger partial charge in [-0.2, -0.15) is 5.26 Å². The number of nitriles is 1. The number of rotatable bonds is 15. The van der Waals surface area contributed by atoms with Gasteiger partial charge in [-0.3, -0.25) is 24.6 Å². The normalized spacial score (nSPS) is 20.9. The van der Waals surface area contributed by atoms with Crippen LogP contribution < -0.4 is 4.74 Å². The van der Waals surface area contributed by atoms with E-state index in [1.54, 1.807) is 18.2 Å². The number of aliphatic hydroxyl groups excluding tert-OH is 4. The number of cyclic esters (lactones) is 3. The van der Waals surface area contributed by atoms with Gasteiger partial charge in [0.05, 0.1) is 47.8 Å². The predicted molar refractivity (Wildman–Crippen MR) is 256 cm³/mol. The molecule has 0 radical (unpaired) electrons. The molecule has 4 atom stereocenters. The van der Waals surface area contributed by atoms with Crippen molar-refractivity contribution in [3.05, 3.63) is 127 Å². The summed E-state index contributed by atoms with van der Waals surface area (Å²) < 4.78 is 20.8. The number of ether oxygens (including phenoxy) is 4. The summed E-state index contributed by atoms with van der Waals surface area (Å²) in [6.45, 7) is 11.1. The average molecular weight is 971 g/mol. The summed E-state index contributed by atoms with van der Waals surface area (Å²) in [5.41, 5.74) is 11.3. The minimum absolute atomic E-state index is 0.261. The molecule has 374 valence electrons. The molecule has 3 unspecified atom stereocenters. The summed E-state index contributed by atoms with van der Waals surface area (Å²) in [7, 11) is 1.49. The minimum Gasteiger partial charge on any atom is -0.495 e. The lowest BCUT2D eigenvalue weighted by atomic mass is 9.91. The maximum atomic E-state index is 12.0. The van der Waals surface area contributed by atoms with Gasteiger partial charge in [-0.1, -0.05) is 12.1 Å². The van der Waals surface area contributed by atoms with E-state index >= 15 is 0 Å². The topological polar surface area (TPSA) is 219 Å². The molecule has 0 amide bonds. The van der Waals surface area contributed by atoms with E-state index in [4.69, 9.17) is 24.2 Å². The second kappa shape index (κ2) is 20.7. The van der Waals surface area contributed by atoms with Crippen molar-refractivity contribution in [1.82, 2.24) is 24.6 Å². The zero-order valence-corrected chi connectivity index (χ0v) is 40.3. The number of hydrogen-bond donors (Lipinski definition) is 4. The molecule has 4 fully saturated rings. The second-order valence-corrected chi connectivity index (χ2v) is 20.0. The van der Waals surface area contributed by atoms with Gasteiger partial charge < -0.3 is 39.4 Å². The summed E-state index contributed by atoms with van der Waals surface area (Å²) in [5, 5.41) is 53.0. The summed E-state index contributed by atoms with van der Waals surface area (Å²) in [5.74, 6) is 0.428. The largest absolute Gasteiger partial charge is 0.495 e. The Bertz CT molecular complexity index is 2740. The van der Waals surface area contributed by atoms with E-state index in [0.717, 1.165) is 128 Å². The maximum Gasteiger partial charge on any atom is 0.338 e. The number of methoxy groups -OCH3 is 1. The number of aliphatic hydroxyl groups is 4. The first-order valence-corrected chi connectivity index (χ1v) is 24.9. The van der Waals surface area contributed by atoms with E-state index in [9.17, 15) is 34.8 Å². The maximum absolute atomic E-state index is 12.0. The molecule has 2 saturated heterocycles. The van der Waals surface area contributed by atoms with Gasteiger partial charge in [0.2, 0.25) is 0 Å². The molecule has 6 heterocycles. The number of nitrogens with zero attached hydrogens (tertiary/aromatic N) is 6. The molecule has 3 aromatic carbocycles. The van der Waals surface area contributed by atoms with E-state index in [2.05, 4.69) is 24.6 Å². The summed E-state index contributed by atoms with van der Waals surface area (Å²) >= 11 is 0. The van der Waals surface area contributed by atoms with Crippen molar-refractivity contribution in [1.29, 1.82) is 5.26 Å². The lowest BCUT2D eigenvalue weighted by Gasteiger charge is -2.37. The lowest BCUT2D eigenvalue weighted by molar-refractivity contribution is 0.0469. The van der Waals surface area contributed by atoms with Gasteiger partial charge in [-0.05, 0) is 102 Å². The van der Waals surface area contributed by atoms with Crippen LogP contribution in [0.4, 0.5) is 0 Å². The van der Waals surface area contributed by atoms with E-state index in [-0.39, 0.29) is 31.1 Å². The number of esters is 3. The Hall–Kier alpha value is -5.81. The molecule has 71 heavy (non-hydrogen) atoms. The zero-order chi connectivity index (χ0) is 49.5. The number of β-amino-alcohol motifs (C(OH)–C–C–N with tert-alkyl or cyclic N) is 4. The third-order valence-electron chi connectivity index (χ3n) is 15.4. The van der Waals surface area contributed by atoms with Crippen LogP contribution in [0.2, 0.25) is 0 Å². The summed E-state index contributed by atoms with van der Waals surface area (Å²) in [6.07, 6.45) is 3.14. The number of benzene rings is 3. The van der Waals surface area contributed by atoms with Gasteiger partial charge in [0.15, 0.2) is 0 Å². The molecule has 0 spiro atoms. The van der Waals surface area contributed by atoms with Crippen LogP contribution in [0, 0.1) is 18.3 Å². The van der Waals surface area contributed by atoms with Crippen molar-refractivity contribution in [2.24, 2.45) is 0 Å². The van der Waals surface area contributed by atoms with Crippen LogP contribution in [-0.4, -0.2) is 149 Å². The van der Waals surface area contributed by atoms with Crippen molar-refractivity contribution in [2.45, 2.75) is 88.7 Å². The lowest BCUT2D eigenvalue weighted by Crippen LogP contribution is -2.48. The molecule has 17 heteroatoms. The van der Waals surface area contributed by atoms with Gasteiger partial charge in [-0.25, -0.2) is 14.4 Å². The Labute approximate surface area is 413 Å². The Kier molecular flexibility index (Phi) is 14.2. The Balaban J connectivity index is 0.000000164. The van der Waals surface area contributed by atoms with Gasteiger partial charge in [-0.15, -0.1) is 0 Å². The Morgan fingerprint density at radius 3 is 1.69 bits per heavy atom. The fourth-order valence-corrected chi connectivity index (χ4v) is 10.9. The standard InChI is InChI=1S/C28H32N2O6.C26H30N4O5/c1-16-18(4-5-19-22(16)14-35-27(19)33)24(31)12-29-8-10-30(11-9-29)13-25(32)21-7-6-20-23(15-36-28(20)34)26(21)17-2-3-17;1-34-25-10-22(28-12-18(25)11-27)24(32)14-30-6-4-29(5-7-30)13-23(31)21-8-17-15-35-26(33)20(17)9-19(21)16-2-3-16/h4-7,17,24-25,31-32H,2-3,8-15H2,1H3;8-10,12,16,23-24,31-32H,2-7,13-15H2,1H3/t24-,25?;/m0./s1. The first-order chi connectivity index (χ1) is 34.4. The first-order valence-electron chi connectivity index (χ1n) is 24.9. The van der Waals surface area contributed by atoms with Crippen molar-refractivity contribution in [3.63, 3.8) is 0 Å². The molecule has 5 aliphatic heterocycles. The second-order valence-electron chi connectivity index (χ2n) is 20.0. The quantitative estimate of drug-likeness (QED) is 0.0953. The fourth-order valence-electron chi connectivity index (χ4n) is 10.9. The smallest absolute Gasteiger partial charge is 0.338 e. The van der Waals surface area contributed by atoms with Gasteiger partial charge >= 0.3 is 17.9 Å². The van der Waals surface area contributed by atoms with Crippen molar-refractivity contribution in [2.75, 3.05) is 85.6 Å². The van der Waals surface area contributed by atoms with E-state index in [0.29, 0.717) is 78.3 Å². The molecular formula is C54H62N6O11. The predicted octanol–water partition coefficient (Wildman–Crippen LogP) is 4.49. The van der Waals surface area contributed by atoms with Crippen LogP contribution in [0.15, 0.2) is 48.7 Å². The molecular weight excluding hydrogens is 909 g/mol. The van der Waals surface area contributed by atoms with Crippen LogP contribution >= 0.6 is 0 Å². The number of carbonyl (C=O) groups is 3. The minimum atomic E-state index is -0.786. The highest BCUT2D eigenvalue weighted by Gasteiger charge is 2.37. The number of fused-ring (bicyclic) bond motifs is 3. The Morgan fingerprint density at radius 1 is 0.634 bits per heavy atom. The van der Waals surface area contributed by atoms with Crippen LogP contribution in [0.25, 0.3) is 0 Å². The highest BCUT2D eigenvalue weighted by atomic mass is 16.5. The van der Waals surface area contributed by atoms with Gasteiger partial charge in [0.25, 0.3) is 0 Å². The average Bonchev–Trinajstić information content (AvgIpc) is 4.31. The number of carbonyl (C=O) groups excluding carboxylic acids is 3. The molecule has 4 aromatic rings. The van der Waals surface area contributed by atoms with Crippen molar-refractivity contribution < 1.29 is 53.8 Å². The number of hydrogen-bond acceptors (Lipinski definition) is 17. The molecule has 4 N–H and O–H groups in total. The zero-order valence-electron chi connectivity index (χ0n) is 40.3. The summed E-state index contributed by atoms with van der Waals surface area (Å²) in [4.78, 5) is 48.9. The molecule has 17 nitrogen and oxygen atoms in total. The molecule has 0 bridgehead atoms. The third kappa shape index (κ3) is 10.4. The molecule has 7 aliphatic rings. The van der Waals surface area contributed by atoms with Crippen molar-refractivity contribution in [3.8, 4) is 11.8 Å². The highest BCUT2D eigenvalue weighted by molar-refractivity contribution is 5.95. The molecule has 1 aromatic heterocycles. The fraction of sp³-hybridized carbons (Fsp3) is 0.500. The first kappa shape index (κ1) is 48.8. The monoisotopic (exact) mass is 970 g/mol. The number of piperazine rings is 2. The summed E-state index contributed by atoms with van der Waals surface area (Å²) in [6, 6.07) is 14.8. The molecule has 2 saturated carbocycles. The van der Waals surface area contributed by atoms with E-state index in [1.165, 1.54) is 13.3 Å². The SMILES string of the molecule is COc1cc(C(O)CN2CCN(CC(O)c3cc4c(cc3C3CC3)C(=O)OC4)CC2)ncc1C#N.Cc1c([C@@H](O)CN2CCN(CC(O)c3ccc4c(c3C3CC3)COC4=O)CC2)ccc2c1COC2=O. The van der Waals surface area contributed by atoms with Crippen LogP contribution in [0.1, 0.15) is 154 Å². The van der Waals surface area contributed by atoms with Crippen LogP contribution in [0.5, 0.6) is 5.75 Å². The Morgan fingerprint density at radius 2 is 1.13 bits per heavy atom. The van der Waals surface area contributed by atoms with Crippen LogP contribution in [-0.2, 0) is 34.0 Å². The van der Waals surface area contributed by atoms with E-state index in [1.807, 2.05) is 37.3 Å². The van der Waals surface area contributed by atoms with Crippen LogP contribution in [0.3, 0.4) is 0 Å². The highest BCUT2D eigenvalue weighted by Crippen LogP contribution is 2.47. The molecule has 11 rings (SSSR count). The third-order valence-corrected chi connectivity index (χ3v) is 15.4. The van der Waals surface area contributed by atoms with Gasteiger partial charge in [0.1, 0.15) is 43.3 Å². The number of pyridine rings is 1. The van der Waals surface area contributed by atoms with Gasteiger partial charge in [0, 0.05) is 107 Å².